The number of carbonyl (C=O) groups excluding carboxylic acids is 2. The summed E-state index contributed by atoms with van der Waals surface area (Å²) in [5.41, 5.74) is 4.91. The van der Waals surface area contributed by atoms with E-state index in [1.165, 1.54) is 19.3 Å². The standard InChI is InChI=1S/C44H48O9/c1-5-43(20-7-21-43)24-48-28-50-32-12-8-30(9-13-32)40(45)52-34-16-18-36-37-19-17-35(23-39(37)42(3,4)38(36)22-34)53-41(46)31-10-14-33(15-11-31)51-29-49-27-44(6-2)25-47-26-44/h8-19,22-23H,5-7,20-21,24-29H2,1-4H3. The summed E-state index contributed by atoms with van der Waals surface area (Å²) in [5, 5.41) is 0. The fourth-order valence-corrected chi connectivity index (χ4v) is 7.32. The van der Waals surface area contributed by atoms with Gasteiger partial charge in [-0.05, 0) is 126 Å². The topological polar surface area (TPSA) is 98.8 Å². The molecule has 0 unspecified atom stereocenters. The summed E-state index contributed by atoms with van der Waals surface area (Å²) >= 11 is 0. The van der Waals surface area contributed by atoms with Crippen molar-refractivity contribution in [3.63, 3.8) is 0 Å². The number of benzene rings is 4. The number of hydrogen-bond donors (Lipinski definition) is 0. The van der Waals surface area contributed by atoms with E-state index >= 15 is 0 Å². The van der Waals surface area contributed by atoms with Crippen molar-refractivity contribution >= 4 is 11.9 Å². The first kappa shape index (κ1) is 36.6. The van der Waals surface area contributed by atoms with Crippen molar-refractivity contribution in [3.05, 3.63) is 107 Å². The van der Waals surface area contributed by atoms with Gasteiger partial charge in [0.15, 0.2) is 13.6 Å². The molecule has 0 amide bonds. The first-order chi connectivity index (χ1) is 25.6. The second-order valence-electron chi connectivity index (χ2n) is 15.1. The molecular weight excluding hydrogens is 672 g/mol. The summed E-state index contributed by atoms with van der Waals surface area (Å²) in [5.74, 6) is 1.21. The molecule has 9 nitrogen and oxygen atoms in total. The predicted molar refractivity (Wildman–Crippen MR) is 200 cm³/mol. The molecule has 1 aliphatic heterocycles. The highest BCUT2D eigenvalue weighted by atomic mass is 16.7. The Morgan fingerprint density at radius 2 is 1.04 bits per heavy atom. The van der Waals surface area contributed by atoms with Crippen molar-refractivity contribution in [2.45, 2.75) is 65.2 Å². The quantitative estimate of drug-likeness (QED) is 0.0486. The average Bonchev–Trinajstić information content (AvgIpc) is 3.35. The Labute approximate surface area is 311 Å². The molecule has 1 heterocycles. The van der Waals surface area contributed by atoms with Crippen molar-refractivity contribution in [1.29, 1.82) is 0 Å². The summed E-state index contributed by atoms with van der Waals surface area (Å²) < 4.78 is 39.9. The first-order valence-electron chi connectivity index (χ1n) is 18.6. The molecule has 278 valence electrons. The number of rotatable bonds is 16. The molecule has 0 bridgehead atoms. The van der Waals surface area contributed by atoms with E-state index in [2.05, 4.69) is 27.7 Å². The van der Waals surface area contributed by atoms with Gasteiger partial charge in [0.25, 0.3) is 0 Å². The molecule has 4 aromatic rings. The third-order valence-electron chi connectivity index (χ3n) is 11.4. The van der Waals surface area contributed by atoms with Crippen LogP contribution >= 0.6 is 0 Å². The monoisotopic (exact) mass is 720 g/mol. The molecule has 9 heteroatoms. The van der Waals surface area contributed by atoms with Crippen molar-refractivity contribution in [3.8, 4) is 34.1 Å². The van der Waals surface area contributed by atoms with Crippen LogP contribution in [0.15, 0.2) is 84.9 Å². The van der Waals surface area contributed by atoms with E-state index in [9.17, 15) is 9.59 Å². The lowest BCUT2D eigenvalue weighted by molar-refractivity contribution is -0.162. The highest BCUT2D eigenvalue weighted by molar-refractivity contribution is 5.92. The van der Waals surface area contributed by atoms with Crippen LogP contribution in [0.25, 0.3) is 11.1 Å². The van der Waals surface area contributed by atoms with Crippen LogP contribution in [-0.4, -0.2) is 52.0 Å². The molecule has 1 saturated carbocycles. The Morgan fingerprint density at radius 1 is 0.604 bits per heavy atom. The Bertz CT molecular complexity index is 1770. The van der Waals surface area contributed by atoms with E-state index in [4.69, 9.17) is 33.2 Å². The first-order valence-corrected chi connectivity index (χ1v) is 18.6. The minimum Gasteiger partial charge on any atom is -0.468 e. The van der Waals surface area contributed by atoms with Crippen LogP contribution in [0.2, 0.25) is 0 Å². The fraction of sp³-hybridized carbons (Fsp3) is 0.409. The molecule has 0 N–H and O–H groups in total. The zero-order chi connectivity index (χ0) is 37.1. The van der Waals surface area contributed by atoms with E-state index in [1.807, 2.05) is 24.3 Å². The molecule has 0 aromatic heterocycles. The van der Waals surface area contributed by atoms with E-state index in [0.29, 0.717) is 52.8 Å². The van der Waals surface area contributed by atoms with Gasteiger partial charge in [0.05, 0.1) is 37.6 Å². The summed E-state index contributed by atoms with van der Waals surface area (Å²) in [6.07, 6.45) is 5.83. The lowest BCUT2D eigenvalue weighted by Gasteiger charge is -2.40. The van der Waals surface area contributed by atoms with Crippen LogP contribution in [0.3, 0.4) is 0 Å². The van der Waals surface area contributed by atoms with Gasteiger partial charge in [0, 0.05) is 10.8 Å². The molecule has 4 aromatic carbocycles. The van der Waals surface area contributed by atoms with Crippen LogP contribution in [0, 0.1) is 10.8 Å². The van der Waals surface area contributed by atoms with E-state index < -0.39 is 17.4 Å². The van der Waals surface area contributed by atoms with E-state index in [0.717, 1.165) is 48.3 Å². The molecule has 2 aliphatic carbocycles. The zero-order valence-electron chi connectivity index (χ0n) is 31.0. The average molecular weight is 721 g/mol. The highest BCUT2D eigenvalue weighted by Crippen LogP contribution is 2.50. The lowest BCUT2D eigenvalue weighted by atomic mass is 9.68. The lowest BCUT2D eigenvalue weighted by Crippen LogP contribution is -2.45. The van der Waals surface area contributed by atoms with Gasteiger partial charge in [-0.2, -0.15) is 0 Å². The van der Waals surface area contributed by atoms with Gasteiger partial charge in [-0.15, -0.1) is 0 Å². The van der Waals surface area contributed by atoms with E-state index in [1.54, 1.807) is 60.7 Å². The normalized spacial score (nSPS) is 17.1. The van der Waals surface area contributed by atoms with Crippen LogP contribution in [-0.2, 0) is 19.6 Å². The number of ether oxygens (including phenoxy) is 7. The summed E-state index contributed by atoms with van der Waals surface area (Å²) in [4.78, 5) is 26.2. The molecule has 0 radical (unpaired) electrons. The van der Waals surface area contributed by atoms with Crippen molar-refractivity contribution in [2.24, 2.45) is 10.8 Å². The van der Waals surface area contributed by atoms with Gasteiger partial charge < -0.3 is 33.2 Å². The van der Waals surface area contributed by atoms with Crippen LogP contribution < -0.4 is 18.9 Å². The van der Waals surface area contributed by atoms with Crippen molar-refractivity contribution in [1.82, 2.24) is 0 Å². The molecule has 3 aliphatic rings. The third-order valence-corrected chi connectivity index (χ3v) is 11.4. The van der Waals surface area contributed by atoms with Gasteiger partial charge in [-0.25, -0.2) is 9.59 Å². The van der Waals surface area contributed by atoms with Gasteiger partial charge >= 0.3 is 11.9 Å². The van der Waals surface area contributed by atoms with Gasteiger partial charge in [-0.3, -0.25) is 0 Å². The molecule has 2 fully saturated rings. The molecule has 53 heavy (non-hydrogen) atoms. The summed E-state index contributed by atoms with van der Waals surface area (Å²) in [7, 11) is 0. The SMILES string of the molecule is CCC1(COCOc2ccc(C(=O)Oc3ccc4c(c3)C(C)(C)c3cc(OC(=O)c5ccc(OCOCC6(CC)COC6)cc5)ccc3-4)cc2)CCC1. The molecular formula is C44H48O9. The van der Waals surface area contributed by atoms with Crippen LogP contribution in [0.1, 0.15) is 91.6 Å². The second kappa shape index (κ2) is 15.3. The fourth-order valence-electron chi connectivity index (χ4n) is 7.32. The van der Waals surface area contributed by atoms with Crippen molar-refractivity contribution < 1.29 is 42.7 Å². The zero-order valence-corrected chi connectivity index (χ0v) is 31.0. The van der Waals surface area contributed by atoms with Crippen LogP contribution in [0.5, 0.6) is 23.0 Å². The Hall–Kier alpha value is -4.70. The minimum atomic E-state index is -0.466. The Kier molecular flexibility index (Phi) is 10.6. The maximum absolute atomic E-state index is 13.1. The molecule has 7 rings (SSSR count). The molecule has 0 spiro atoms. The maximum Gasteiger partial charge on any atom is 0.343 e. The number of carbonyl (C=O) groups is 2. The smallest absolute Gasteiger partial charge is 0.343 e. The third kappa shape index (κ3) is 7.84. The Balaban J connectivity index is 0.922. The Morgan fingerprint density at radius 3 is 1.42 bits per heavy atom. The number of esters is 2. The van der Waals surface area contributed by atoms with Gasteiger partial charge in [-0.1, -0.05) is 46.2 Å². The van der Waals surface area contributed by atoms with Crippen LogP contribution in [0.4, 0.5) is 0 Å². The largest absolute Gasteiger partial charge is 0.468 e. The van der Waals surface area contributed by atoms with Gasteiger partial charge in [0.2, 0.25) is 0 Å². The van der Waals surface area contributed by atoms with Gasteiger partial charge in [0.1, 0.15) is 23.0 Å². The molecule has 1 saturated heterocycles. The predicted octanol–water partition coefficient (Wildman–Crippen LogP) is 9.14. The number of fused-ring (bicyclic) bond motifs is 3. The highest BCUT2D eigenvalue weighted by Gasteiger charge is 2.38. The number of hydrogen-bond acceptors (Lipinski definition) is 9. The second-order valence-corrected chi connectivity index (χ2v) is 15.1. The van der Waals surface area contributed by atoms with Crippen molar-refractivity contribution in [2.75, 3.05) is 40.0 Å². The molecule has 0 atom stereocenters. The van der Waals surface area contributed by atoms with E-state index in [-0.39, 0.29) is 19.0 Å². The summed E-state index contributed by atoms with van der Waals surface area (Å²) in [6.45, 7) is 11.6. The summed E-state index contributed by atoms with van der Waals surface area (Å²) in [6, 6.07) is 25.1. The minimum absolute atomic E-state index is 0.0953. The maximum atomic E-state index is 13.1.